The zero-order valence-electron chi connectivity index (χ0n) is 15.6. The van der Waals surface area contributed by atoms with E-state index in [1.165, 1.54) is 77.0 Å². The summed E-state index contributed by atoms with van der Waals surface area (Å²) in [5, 5.41) is 2.12. The van der Waals surface area contributed by atoms with E-state index in [0.29, 0.717) is 12.2 Å². The Morgan fingerprint density at radius 2 is 0.957 bits per heavy atom. The molecule has 2 unspecified atom stereocenters. The second-order valence-corrected chi connectivity index (χ2v) is 8.33. The number of ether oxygens (including phenoxy) is 1. The summed E-state index contributed by atoms with van der Waals surface area (Å²) in [6.07, 6.45) is 19.3. The predicted octanol–water partition coefficient (Wildman–Crippen LogP) is 8.03. The molecule has 0 spiro atoms. The Bertz CT molecular complexity index is 202. The molecule has 0 aliphatic carbocycles. The van der Waals surface area contributed by atoms with E-state index >= 15 is 0 Å². The van der Waals surface area contributed by atoms with Crippen LogP contribution in [0.25, 0.3) is 0 Å². The van der Waals surface area contributed by atoms with E-state index in [1.54, 1.807) is 0 Å². The molecule has 0 fully saturated rings. The molecule has 0 aromatic heterocycles. The van der Waals surface area contributed by atoms with Crippen molar-refractivity contribution in [3.8, 4) is 0 Å². The topological polar surface area (TPSA) is 9.23 Å². The van der Waals surface area contributed by atoms with Gasteiger partial charge in [-0.15, -0.1) is 0 Å². The number of rotatable bonds is 18. The summed E-state index contributed by atoms with van der Waals surface area (Å²) in [4.78, 5) is 0. The first kappa shape index (κ1) is 23.9. The summed E-state index contributed by atoms with van der Waals surface area (Å²) >= 11 is 7.21. The number of hydrogen-bond donors (Lipinski definition) is 0. The smallest absolute Gasteiger partial charge is 0.0586 e. The van der Waals surface area contributed by atoms with Crippen LogP contribution in [-0.4, -0.2) is 22.9 Å². The third-order valence-electron chi connectivity index (χ3n) is 4.51. The van der Waals surface area contributed by atoms with Crippen molar-refractivity contribution in [2.24, 2.45) is 0 Å². The molecule has 0 N–H and O–H groups in total. The summed E-state index contributed by atoms with van der Waals surface area (Å²) in [6.45, 7) is 4.56. The minimum atomic E-state index is 0.454. The van der Waals surface area contributed by atoms with Crippen LogP contribution in [-0.2, 0) is 4.74 Å². The molecule has 0 bridgehead atoms. The van der Waals surface area contributed by atoms with Gasteiger partial charge in [-0.2, -0.15) is 0 Å². The fourth-order valence-electron chi connectivity index (χ4n) is 3.03. The van der Waals surface area contributed by atoms with Gasteiger partial charge in [0.05, 0.1) is 12.2 Å². The van der Waals surface area contributed by atoms with E-state index in [0.717, 1.165) is 23.5 Å². The third-order valence-corrected chi connectivity index (χ3v) is 5.42. The molecule has 0 aliphatic heterocycles. The Kier molecular flexibility index (Phi) is 20.0. The van der Waals surface area contributed by atoms with Crippen LogP contribution in [0.3, 0.4) is 0 Å². The van der Waals surface area contributed by atoms with Gasteiger partial charge < -0.3 is 4.74 Å². The Morgan fingerprint density at radius 1 is 0.565 bits per heavy atom. The normalized spacial score (nSPS) is 14.1. The van der Waals surface area contributed by atoms with E-state index in [1.807, 2.05) is 0 Å². The lowest BCUT2D eigenvalue weighted by molar-refractivity contribution is -0.0243. The predicted molar refractivity (Wildman–Crippen MR) is 112 cm³/mol. The van der Waals surface area contributed by atoms with Crippen LogP contribution in [0.15, 0.2) is 0 Å². The Morgan fingerprint density at radius 3 is 1.30 bits per heavy atom. The molecule has 0 aromatic rings. The van der Waals surface area contributed by atoms with Crippen molar-refractivity contribution in [1.29, 1.82) is 0 Å². The monoisotopic (exact) mass is 454 g/mol. The van der Waals surface area contributed by atoms with Gasteiger partial charge in [-0.05, 0) is 25.7 Å². The first-order valence-electron chi connectivity index (χ1n) is 10.1. The first-order valence-corrected chi connectivity index (χ1v) is 12.3. The Labute approximate surface area is 163 Å². The van der Waals surface area contributed by atoms with E-state index in [-0.39, 0.29) is 0 Å². The molecule has 0 amide bonds. The highest BCUT2D eigenvalue weighted by Crippen LogP contribution is 2.20. The van der Waals surface area contributed by atoms with E-state index in [2.05, 4.69) is 45.7 Å². The maximum absolute atomic E-state index is 6.48. The van der Waals surface area contributed by atoms with E-state index in [9.17, 15) is 0 Å². The second-order valence-electron chi connectivity index (χ2n) is 6.74. The maximum Gasteiger partial charge on any atom is 0.0586 e. The molecule has 1 nitrogen and oxygen atoms in total. The minimum Gasteiger partial charge on any atom is -0.375 e. The van der Waals surface area contributed by atoms with E-state index < -0.39 is 0 Å². The van der Waals surface area contributed by atoms with Crippen molar-refractivity contribution < 1.29 is 4.74 Å². The van der Waals surface area contributed by atoms with Crippen molar-refractivity contribution in [2.45, 2.75) is 116 Å². The van der Waals surface area contributed by atoms with Gasteiger partial charge in [0.2, 0.25) is 0 Å². The zero-order valence-corrected chi connectivity index (χ0v) is 18.8. The lowest BCUT2D eigenvalue weighted by Gasteiger charge is -2.24. The van der Waals surface area contributed by atoms with Crippen LogP contribution >= 0.6 is 31.9 Å². The van der Waals surface area contributed by atoms with Gasteiger partial charge in [0, 0.05) is 10.7 Å². The average Bonchev–Trinajstić information content (AvgIpc) is 2.54. The van der Waals surface area contributed by atoms with Crippen LogP contribution in [0.2, 0.25) is 0 Å². The summed E-state index contributed by atoms with van der Waals surface area (Å²) in [6, 6.07) is 0. The fraction of sp³-hybridized carbons (Fsp3) is 1.00. The lowest BCUT2D eigenvalue weighted by Crippen LogP contribution is -2.23. The molecule has 0 heterocycles. The average molecular weight is 456 g/mol. The van der Waals surface area contributed by atoms with Gasteiger partial charge in [0.15, 0.2) is 0 Å². The molecule has 0 saturated heterocycles. The molecule has 0 rings (SSSR count). The van der Waals surface area contributed by atoms with Crippen LogP contribution in [0.1, 0.15) is 104 Å². The van der Waals surface area contributed by atoms with Crippen LogP contribution < -0.4 is 0 Å². The zero-order chi connectivity index (χ0) is 17.2. The summed E-state index contributed by atoms with van der Waals surface area (Å²) in [5.41, 5.74) is 0. The molecule has 0 aromatic carbocycles. The molecule has 3 heteroatoms. The molecule has 0 aliphatic rings. The molecular formula is C20H40Br2O. The van der Waals surface area contributed by atoms with Crippen molar-refractivity contribution in [3.63, 3.8) is 0 Å². The molecule has 23 heavy (non-hydrogen) atoms. The quantitative estimate of drug-likeness (QED) is 0.150. The van der Waals surface area contributed by atoms with Gasteiger partial charge in [0.1, 0.15) is 0 Å². The standard InChI is InChI=1S/C20H40Br2O/c1-3-5-7-9-11-13-19(15-17-21)23-20(16-18-22)14-12-10-8-6-4-2/h19-20H,3-18H2,1-2H3. The molecular weight excluding hydrogens is 416 g/mol. The highest BCUT2D eigenvalue weighted by molar-refractivity contribution is 9.09. The Hall–Kier alpha value is 0.920. The van der Waals surface area contributed by atoms with Gasteiger partial charge in [-0.3, -0.25) is 0 Å². The summed E-state index contributed by atoms with van der Waals surface area (Å²) in [5.74, 6) is 0. The van der Waals surface area contributed by atoms with Gasteiger partial charge in [0.25, 0.3) is 0 Å². The number of hydrogen-bond acceptors (Lipinski definition) is 1. The van der Waals surface area contributed by atoms with Crippen molar-refractivity contribution in [2.75, 3.05) is 10.7 Å². The van der Waals surface area contributed by atoms with Crippen molar-refractivity contribution in [3.05, 3.63) is 0 Å². The maximum atomic E-state index is 6.48. The largest absolute Gasteiger partial charge is 0.375 e. The minimum absolute atomic E-state index is 0.454. The number of halogens is 2. The summed E-state index contributed by atoms with van der Waals surface area (Å²) in [7, 11) is 0. The van der Waals surface area contributed by atoms with Crippen LogP contribution in [0, 0.1) is 0 Å². The molecule has 0 radical (unpaired) electrons. The van der Waals surface area contributed by atoms with Crippen molar-refractivity contribution in [1.82, 2.24) is 0 Å². The Balaban J connectivity index is 4.02. The van der Waals surface area contributed by atoms with Crippen molar-refractivity contribution >= 4 is 31.9 Å². The fourth-order valence-corrected chi connectivity index (χ4v) is 4.05. The van der Waals surface area contributed by atoms with Crippen LogP contribution in [0.4, 0.5) is 0 Å². The van der Waals surface area contributed by atoms with Gasteiger partial charge in [-0.1, -0.05) is 110 Å². The summed E-state index contributed by atoms with van der Waals surface area (Å²) < 4.78 is 6.48. The molecule has 140 valence electrons. The highest BCUT2D eigenvalue weighted by Gasteiger charge is 2.16. The molecule has 2 atom stereocenters. The van der Waals surface area contributed by atoms with E-state index in [4.69, 9.17) is 4.74 Å². The number of alkyl halides is 2. The lowest BCUT2D eigenvalue weighted by atomic mass is 10.0. The number of unbranched alkanes of at least 4 members (excludes halogenated alkanes) is 8. The third kappa shape index (κ3) is 16.2. The van der Waals surface area contributed by atoms with Gasteiger partial charge in [-0.25, -0.2) is 0 Å². The first-order chi connectivity index (χ1) is 11.3. The molecule has 0 saturated carbocycles. The SMILES string of the molecule is CCCCCCCC(CCBr)OC(CCBr)CCCCCCC. The highest BCUT2D eigenvalue weighted by atomic mass is 79.9. The van der Waals surface area contributed by atoms with Gasteiger partial charge >= 0.3 is 0 Å². The van der Waals surface area contributed by atoms with Crippen LogP contribution in [0.5, 0.6) is 0 Å². The second kappa shape index (κ2) is 19.2.